The second-order valence-electron chi connectivity index (χ2n) is 4.18. The summed E-state index contributed by atoms with van der Waals surface area (Å²) in [6, 6.07) is 5.22. The van der Waals surface area contributed by atoms with E-state index in [2.05, 4.69) is 20.9 Å². The molecular formula is C15H14BrNO3. The third kappa shape index (κ3) is 2.54. The van der Waals surface area contributed by atoms with Gasteiger partial charge in [0.05, 0.1) is 19.8 Å². The molecule has 1 aromatic heterocycles. The molecule has 1 heterocycles. The summed E-state index contributed by atoms with van der Waals surface area (Å²) in [6.45, 7) is 1.87. The topological polar surface area (TPSA) is 48.4 Å². The van der Waals surface area contributed by atoms with E-state index in [0.717, 1.165) is 5.56 Å². The van der Waals surface area contributed by atoms with Crippen LogP contribution in [0.2, 0.25) is 0 Å². The van der Waals surface area contributed by atoms with Crippen LogP contribution in [0.1, 0.15) is 21.5 Å². The lowest BCUT2D eigenvalue weighted by atomic mass is 10.0. The molecule has 0 fully saturated rings. The minimum Gasteiger partial charge on any atom is -0.495 e. The summed E-state index contributed by atoms with van der Waals surface area (Å²) < 4.78 is 11.2. The summed E-state index contributed by atoms with van der Waals surface area (Å²) in [4.78, 5) is 16.6. The van der Waals surface area contributed by atoms with Crippen LogP contribution in [0.5, 0.6) is 11.5 Å². The largest absolute Gasteiger partial charge is 0.495 e. The molecule has 2 aromatic rings. The van der Waals surface area contributed by atoms with E-state index >= 15 is 0 Å². The number of halogens is 1. The molecule has 0 aliphatic carbocycles. The maximum absolute atomic E-state index is 12.6. The predicted molar refractivity (Wildman–Crippen MR) is 79.7 cm³/mol. The summed E-state index contributed by atoms with van der Waals surface area (Å²) in [5.74, 6) is 0.940. The first-order valence-electron chi connectivity index (χ1n) is 5.96. The van der Waals surface area contributed by atoms with Crippen LogP contribution in [0.4, 0.5) is 0 Å². The van der Waals surface area contributed by atoms with E-state index in [1.54, 1.807) is 37.7 Å². The number of ether oxygens (including phenoxy) is 2. The molecule has 5 heteroatoms. The SMILES string of the molecule is COc1ccc(C(=O)c2cnccc2C)c(OC)c1Br. The van der Waals surface area contributed by atoms with Gasteiger partial charge in [-0.3, -0.25) is 9.78 Å². The molecule has 0 atom stereocenters. The molecule has 0 aliphatic heterocycles. The highest BCUT2D eigenvalue weighted by Crippen LogP contribution is 2.38. The van der Waals surface area contributed by atoms with E-state index in [1.807, 2.05) is 6.92 Å². The summed E-state index contributed by atoms with van der Waals surface area (Å²) >= 11 is 3.39. The minimum atomic E-state index is -0.129. The second-order valence-corrected chi connectivity index (χ2v) is 4.98. The quantitative estimate of drug-likeness (QED) is 0.803. The van der Waals surface area contributed by atoms with Crippen LogP contribution in [0.25, 0.3) is 0 Å². The normalized spacial score (nSPS) is 10.2. The van der Waals surface area contributed by atoms with Gasteiger partial charge >= 0.3 is 0 Å². The first-order valence-corrected chi connectivity index (χ1v) is 6.75. The number of carbonyl (C=O) groups is 1. The van der Waals surface area contributed by atoms with Crippen LogP contribution < -0.4 is 9.47 Å². The lowest BCUT2D eigenvalue weighted by Crippen LogP contribution is -2.07. The van der Waals surface area contributed by atoms with Crippen molar-refractivity contribution in [1.82, 2.24) is 4.98 Å². The summed E-state index contributed by atoms with van der Waals surface area (Å²) in [6.07, 6.45) is 3.22. The fourth-order valence-electron chi connectivity index (χ4n) is 1.92. The van der Waals surface area contributed by atoms with Gasteiger partial charge in [0.2, 0.25) is 0 Å². The number of hydrogen-bond donors (Lipinski definition) is 0. The molecule has 0 spiro atoms. The molecule has 0 radical (unpaired) electrons. The summed E-state index contributed by atoms with van der Waals surface area (Å²) in [5.41, 5.74) is 1.90. The maximum Gasteiger partial charge on any atom is 0.198 e. The van der Waals surface area contributed by atoms with Crippen LogP contribution in [0.3, 0.4) is 0 Å². The van der Waals surface area contributed by atoms with Gasteiger partial charge in [-0.05, 0) is 46.6 Å². The average Bonchev–Trinajstić information content (AvgIpc) is 2.46. The zero-order chi connectivity index (χ0) is 14.7. The molecule has 0 saturated carbocycles. The number of nitrogens with zero attached hydrogens (tertiary/aromatic N) is 1. The smallest absolute Gasteiger partial charge is 0.198 e. The van der Waals surface area contributed by atoms with E-state index in [0.29, 0.717) is 27.1 Å². The number of hydrogen-bond acceptors (Lipinski definition) is 4. The van der Waals surface area contributed by atoms with Crippen molar-refractivity contribution in [2.24, 2.45) is 0 Å². The molecule has 0 bridgehead atoms. The second kappa shape index (κ2) is 6.05. The van der Waals surface area contributed by atoms with Gasteiger partial charge < -0.3 is 9.47 Å². The Labute approximate surface area is 125 Å². The van der Waals surface area contributed by atoms with Crippen LogP contribution in [-0.2, 0) is 0 Å². The zero-order valence-corrected chi connectivity index (χ0v) is 13.0. The number of rotatable bonds is 4. The summed E-state index contributed by atoms with van der Waals surface area (Å²) in [5, 5.41) is 0. The fourth-order valence-corrected chi connectivity index (χ4v) is 2.59. The van der Waals surface area contributed by atoms with Gasteiger partial charge in [0.15, 0.2) is 5.78 Å². The Morgan fingerprint density at radius 3 is 2.50 bits per heavy atom. The Bertz CT molecular complexity index is 656. The highest BCUT2D eigenvalue weighted by atomic mass is 79.9. The highest BCUT2D eigenvalue weighted by molar-refractivity contribution is 9.10. The van der Waals surface area contributed by atoms with Gasteiger partial charge in [-0.15, -0.1) is 0 Å². The number of aryl methyl sites for hydroxylation is 1. The van der Waals surface area contributed by atoms with Crippen LogP contribution >= 0.6 is 15.9 Å². The fraction of sp³-hybridized carbons (Fsp3) is 0.200. The van der Waals surface area contributed by atoms with Gasteiger partial charge in [-0.2, -0.15) is 0 Å². The summed E-state index contributed by atoms with van der Waals surface area (Å²) in [7, 11) is 3.08. The Hall–Kier alpha value is -1.88. The van der Waals surface area contributed by atoms with E-state index in [9.17, 15) is 4.79 Å². The van der Waals surface area contributed by atoms with Crippen molar-refractivity contribution in [3.05, 3.63) is 51.8 Å². The van der Waals surface area contributed by atoms with Gasteiger partial charge in [0, 0.05) is 18.0 Å². The lowest BCUT2D eigenvalue weighted by Gasteiger charge is -2.13. The van der Waals surface area contributed by atoms with Crippen molar-refractivity contribution in [3.8, 4) is 11.5 Å². The van der Waals surface area contributed by atoms with Crippen LogP contribution in [0.15, 0.2) is 35.1 Å². The predicted octanol–water partition coefficient (Wildman–Crippen LogP) is 3.40. The van der Waals surface area contributed by atoms with Crippen LogP contribution in [0, 0.1) is 6.92 Å². The molecule has 1 aromatic carbocycles. The third-order valence-corrected chi connectivity index (χ3v) is 3.76. The number of aromatic nitrogens is 1. The monoisotopic (exact) mass is 335 g/mol. The highest BCUT2D eigenvalue weighted by Gasteiger charge is 2.20. The Morgan fingerprint density at radius 2 is 1.90 bits per heavy atom. The number of benzene rings is 1. The van der Waals surface area contributed by atoms with Crippen molar-refractivity contribution < 1.29 is 14.3 Å². The molecule has 0 unspecified atom stereocenters. The van der Waals surface area contributed by atoms with Crippen molar-refractivity contribution >= 4 is 21.7 Å². The molecule has 104 valence electrons. The standard InChI is InChI=1S/C15H14BrNO3/c1-9-6-7-17-8-11(9)14(18)10-4-5-12(19-2)13(16)15(10)20-3/h4-8H,1-3H3. The molecule has 2 rings (SSSR count). The molecule has 0 saturated heterocycles. The van der Waals surface area contributed by atoms with Gasteiger partial charge in [-0.25, -0.2) is 0 Å². The van der Waals surface area contributed by atoms with Crippen LogP contribution in [-0.4, -0.2) is 25.0 Å². The van der Waals surface area contributed by atoms with E-state index in [-0.39, 0.29) is 5.78 Å². The molecule has 20 heavy (non-hydrogen) atoms. The number of methoxy groups -OCH3 is 2. The van der Waals surface area contributed by atoms with E-state index < -0.39 is 0 Å². The first kappa shape index (κ1) is 14.5. The van der Waals surface area contributed by atoms with Crippen molar-refractivity contribution in [2.75, 3.05) is 14.2 Å². The Kier molecular flexibility index (Phi) is 4.39. The molecule has 0 aliphatic rings. The Balaban J connectivity index is 2.56. The van der Waals surface area contributed by atoms with Gasteiger partial charge in [-0.1, -0.05) is 0 Å². The van der Waals surface area contributed by atoms with Gasteiger partial charge in [0.1, 0.15) is 16.0 Å². The zero-order valence-electron chi connectivity index (χ0n) is 11.4. The minimum absolute atomic E-state index is 0.129. The van der Waals surface area contributed by atoms with E-state index in [1.165, 1.54) is 7.11 Å². The number of carbonyl (C=O) groups excluding carboxylic acids is 1. The third-order valence-electron chi connectivity index (χ3n) is 3.01. The number of ketones is 1. The average molecular weight is 336 g/mol. The van der Waals surface area contributed by atoms with Gasteiger partial charge in [0.25, 0.3) is 0 Å². The lowest BCUT2D eigenvalue weighted by molar-refractivity contribution is 0.103. The van der Waals surface area contributed by atoms with Crippen molar-refractivity contribution in [1.29, 1.82) is 0 Å². The van der Waals surface area contributed by atoms with Crippen molar-refractivity contribution in [3.63, 3.8) is 0 Å². The maximum atomic E-state index is 12.6. The Morgan fingerprint density at radius 1 is 1.15 bits per heavy atom. The van der Waals surface area contributed by atoms with E-state index in [4.69, 9.17) is 9.47 Å². The molecule has 4 nitrogen and oxygen atoms in total. The molecule has 0 amide bonds. The molecule has 0 N–H and O–H groups in total. The van der Waals surface area contributed by atoms with Crippen molar-refractivity contribution in [2.45, 2.75) is 6.92 Å². The molecular weight excluding hydrogens is 322 g/mol. The number of pyridine rings is 1. The first-order chi connectivity index (χ1) is 9.60.